The smallest absolute Gasteiger partial charge is 0.389 e. The third-order valence-electron chi connectivity index (χ3n) is 4.65. The first kappa shape index (κ1) is 15.5. The Labute approximate surface area is 143 Å². The number of fused-ring (bicyclic) bond motifs is 3. The van der Waals surface area contributed by atoms with E-state index >= 15 is 0 Å². The van der Waals surface area contributed by atoms with Gasteiger partial charge in [-0.25, -0.2) is 9.18 Å². The van der Waals surface area contributed by atoms with Crippen molar-refractivity contribution in [3.63, 3.8) is 0 Å². The first-order valence-electron chi connectivity index (χ1n) is 7.82. The number of urea groups is 1. The van der Waals surface area contributed by atoms with Crippen LogP contribution in [-0.2, 0) is 11.3 Å². The van der Waals surface area contributed by atoms with Crippen LogP contribution in [0.2, 0.25) is 0 Å². The zero-order valence-electron chi connectivity index (χ0n) is 14.0. The summed E-state index contributed by atoms with van der Waals surface area (Å²) >= 11 is 0. The van der Waals surface area contributed by atoms with Crippen molar-refractivity contribution < 1.29 is 23.0 Å². The molecule has 1 aromatic heterocycles. The topological polar surface area (TPSA) is 70.0 Å². The van der Waals surface area contributed by atoms with E-state index in [-0.39, 0.29) is 18.3 Å². The van der Waals surface area contributed by atoms with Crippen molar-refractivity contribution in [1.29, 1.82) is 0 Å². The van der Waals surface area contributed by atoms with Gasteiger partial charge in [0.2, 0.25) is 0 Å². The zero-order chi connectivity index (χ0) is 17.9. The first-order chi connectivity index (χ1) is 11.9. The van der Waals surface area contributed by atoms with Crippen LogP contribution in [0, 0.1) is 19.7 Å². The number of likely N-dealkylation sites (N-methyl/N-ethyl adjacent to an activating group) is 1. The Balaban J connectivity index is 1.73. The van der Waals surface area contributed by atoms with Gasteiger partial charge in [-0.15, -0.1) is 0 Å². The highest BCUT2D eigenvalue weighted by Crippen LogP contribution is 2.31. The summed E-state index contributed by atoms with van der Waals surface area (Å²) in [5, 5.41) is 0. The molecule has 0 spiro atoms. The predicted molar refractivity (Wildman–Crippen MR) is 84.6 cm³/mol. The van der Waals surface area contributed by atoms with E-state index in [0.717, 1.165) is 10.6 Å². The lowest BCUT2D eigenvalue weighted by atomic mass is 10.1. The molecule has 3 amide bonds. The summed E-state index contributed by atoms with van der Waals surface area (Å²) in [6, 6.07) is 4.83. The molecule has 1 unspecified atom stereocenters. The third kappa shape index (κ3) is 2.17. The summed E-state index contributed by atoms with van der Waals surface area (Å²) in [5.41, 5.74) is 1.46. The summed E-state index contributed by atoms with van der Waals surface area (Å²) in [6.45, 7) is 3.71. The molecule has 1 atom stereocenters. The second kappa shape index (κ2) is 5.23. The molecular formula is C17H16FN4O3+. The summed E-state index contributed by atoms with van der Waals surface area (Å²) in [4.78, 5) is 32.4. The number of hydrogen-bond acceptors (Lipinski definition) is 4. The molecule has 2 aliphatic rings. The molecule has 0 aliphatic carbocycles. The highest BCUT2D eigenvalue weighted by Gasteiger charge is 2.55. The lowest BCUT2D eigenvalue weighted by Gasteiger charge is -2.32. The van der Waals surface area contributed by atoms with Crippen LogP contribution in [0.25, 0.3) is 0 Å². The largest absolute Gasteiger partial charge is 0.507 e. The van der Waals surface area contributed by atoms with E-state index < -0.39 is 12.1 Å². The maximum Gasteiger partial charge on any atom is 0.507 e. The van der Waals surface area contributed by atoms with Crippen LogP contribution in [0.1, 0.15) is 23.1 Å². The minimum atomic E-state index is -0.726. The number of halogens is 1. The van der Waals surface area contributed by atoms with Gasteiger partial charge in [-0.1, -0.05) is 12.1 Å². The molecule has 0 radical (unpaired) electrons. The van der Waals surface area contributed by atoms with Gasteiger partial charge < -0.3 is 4.42 Å². The van der Waals surface area contributed by atoms with Crippen LogP contribution in [0.3, 0.4) is 0 Å². The lowest BCUT2D eigenvalue weighted by molar-refractivity contribution is -0.685. The first-order valence-corrected chi connectivity index (χ1v) is 7.82. The zero-order valence-corrected chi connectivity index (χ0v) is 14.0. The van der Waals surface area contributed by atoms with E-state index in [1.54, 1.807) is 30.7 Å². The number of carbonyl (C=O) groups is 2. The Morgan fingerprint density at radius 2 is 1.92 bits per heavy atom. The number of oxazole rings is 1. The van der Waals surface area contributed by atoms with E-state index in [2.05, 4.69) is 4.99 Å². The van der Waals surface area contributed by atoms with Gasteiger partial charge in [-0.05, 0) is 24.6 Å². The Morgan fingerprint density at radius 3 is 2.60 bits per heavy atom. The molecular weight excluding hydrogens is 327 g/mol. The van der Waals surface area contributed by atoms with Crippen LogP contribution in [0.4, 0.5) is 15.2 Å². The average molecular weight is 343 g/mol. The molecule has 7 nitrogen and oxygen atoms in total. The maximum atomic E-state index is 13.1. The van der Waals surface area contributed by atoms with E-state index in [4.69, 9.17) is 4.42 Å². The van der Waals surface area contributed by atoms with Gasteiger partial charge in [0.05, 0.1) is 6.54 Å². The monoisotopic (exact) mass is 343 g/mol. The van der Waals surface area contributed by atoms with Crippen LogP contribution in [0.15, 0.2) is 33.7 Å². The van der Waals surface area contributed by atoms with Crippen LogP contribution in [-0.4, -0.2) is 34.6 Å². The number of hydrogen-bond donors (Lipinski definition) is 0. The quantitative estimate of drug-likeness (QED) is 0.783. The number of aliphatic imine (C=N–C) groups is 1. The molecule has 8 heteroatoms. The molecule has 1 saturated heterocycles. The van der Waals surface area contributed by atoms with Crippen molar-refractivity contribution in [2.24, 2.45) is 4.99 Å². The van der Waals surface area contributed by atoms with E-state index in [1.165, 1.54) is 17.0 Å². The van der Waals surface area contributed by atoms with Gasteiger partial charge in [0, 0.05) is 19.0 Å². The molecule has 128 valence electrons. The summed E-state index contributed by atoms with van der Waals surface area (Å²) < 4.78 is 20.4. The number of rotatable bonds is 2. The molecule has 1 aromatic carbocycles. The van der Waals surface area contributed by atoms with Gasteiger partial charge in [0.15, 0.2) is 5.76 Å². The van der Waals surface area contributed by atoms with Crippen molar-refractivity contribution in [2.45, 2.75) is 26.4 Å². The van der Waals surface area contributed by atoms with E-state index in [0.29, 0.717) is 23.2 Å². The van der Waals surface area contributed by atoms with Gasteiger partial charge in [-0.2, -0.15) is 4.57 Å². The highest BCUT2D eigenvalue weighted by molar-refractivity contribution is 6.18. The van der Waals surface area contributed by atoms with Crippen LogP contribution < -0.4 is 4.57 Å². The molecule has 0 saturated carbocycles. The molecule has 1 fully saturated rings. The molecule has 4 rings (SSSR count). The van der Waals surface area contributed by atoms with E-state index in [1.807, 2.05) is 6.92 Å². The Bertz CT molecular complexity index is 932. The number of amides is 3. The van der Waals surface area contributed by atoms with Crippen molar-refractivity contribution in [3.05, 3.63) is 47.1 Å². The van der Waals surface area contributed by atoms with Gasteiger partial charge in [0.25, 0.3) is 17.8 Å². The Morgan fingerprint density at radius 1 is 1.24 bits per heavy atom. The molecule has 3 heterocycles. The SMILES string of the molecule is Cc1oc2[n+](c1C)C1C(=O)N(Cc3ccc(F)cc3)C(=O)N(C)C1=N2. The minimum Gasteiger partial charge on any atom is -0.389 e. The Kier molecular flexibility index (Phi) is 3.24. The van der Waals surface area contributed by atoms with Crippen molar-refractivity contribution in [2.75, 3.05) is 7.05 Å². The lowest BCUT2D eigenvalue weighted by Crippen LogP contribution is -2.63. The number of carbonyl (C=O) groups excluding carboxylic acids is 2. The van der Waals surface area contributed by atoms with Crippen molar-refractivity contribution >= 4 is 23.8 Å². The third-order valence-corrected chi connectivity index (χ3v) is 4.65. The summed E-state index contributed by atoms with van der Waals surface area (Å²) in [7, 11) is 1.58. The molecule has 0 N–H and O–H groups in total. The number of aromatic nitrogens is 1. The van der Waals surface area contributed by atoms with E-state index in [9.17, 15) is 14.0 Å². The summed E-state index contributed by atoms with van der Waals surface area (Å²) in [6.07, 6.45) is 0. The second-order valence-corrected chi connectivity index (χ2v) is 6.16. The molecule has 2 aromatic rings. The standard InChI is InChI=1S/C17H16FN4O3/c1-9-10(2)25-16-19-14-13(22(9)16)15(23)21(17(24)20(14)3)8-11-4-6-12(18)7-5-11/h4-7,13H,8H2,1-3H3/q+1. The van der Waals surface area contributed by atoms with Crippen LogP contribution in [0.5, 0.6) is 0 Å². The molecule has 2 aliphatic heterocycles. The normalized spacial score (nSPS) is 19.2. The fourth-order valence-electron chi connectivity index (χ4n) is 3.15. The average Bonchev–Trinajstić information content (AvgIpc) is 3.08. The van der Waals surface area contributed by atoms with Gasteiger partial charge in [-0.3, -0.25) is 14.6 Å². The maximum absolute atomic E-state index is 13.1. The van der Waals surface area contributed by atoms with Crippen molar-refractivity contribution in [3.8, 4) is 0 Å². The minimum absolute atomic E-state index is 0.0673. The summed E-state index contributed by atoms with van der Waals surface area (Å²) in [5.74, 6) is 0.286. The van der Waals surface area contributed by atoms with Crippen molar-refractivity contribution in [1.82, 2.24) is 9.80 Å². The molecule has 0 bridgehead atoms. The number of imide groups is 1. The number of benzene rings is 1. The number of amidine groups is 1. The second-order valence-electron chi connectivity index (χ2n) is 6.16. The fourth-order valence-corrected chi connectivity index (χ4v) is 3.15. The Hall–Kier alpha value is -3.03. The van der Waals surface area contributed by atoms with Gasteiger partial charge in [0.1, 0.15) is 11.5 Å². The fraction of sp³-hybridized carbons (Fsp3) is 0.294. The number of nitrogens with zero attached hydrogens (tertiary/aromatic N) is 4. The molecule has 25 heavy (non-hydrogen) atoms. The van der Waals surface area contributed by atoms with Gasteiger partial charge >= 0.3 is 12.0 Å². The van der Waals surface area contributed by atoms with Crippen LogP contribution >= 0.6 is 0 Å². The highest BCUT2D eigenvalue weighted by atomic mass is 19.1. The number of aryl methyl sites for hydroxylation is 1. The predicted octanol–water partition coefficient (Wildman–Crippen LogP) is 2.00.